The molecule has 0 amide bonds. The summed E-state index contributed by atoms with van der Waals surface area (Å²) in [7, 11) is 0. The highest BCUT2D eigenvalue weighted by atomic mass is 16.5. The fraction of sp³-hybridized carbons (Fsp3) is 0.444. The van der Waals surface area contributed by atoms with Crippen LogP contribution in [0.25, 0.3) is 0 Å². The van der Waals surface area contributed by atoms with Crippen LogP contribution in [0.4, 0.5) is 0 Å². The van der Waals surface area contributed by atoms with E-state index in [0.717, 1.165) is 19.7 Å². The zero-order valence-electron chi connectivity index (χ0n) is 13.1. The fourth-order valence-electron chi connectivity index (χ4n) is 3.02. The molecule has 0 N–H and O–H groups in total. The highest BCUT2D eigenvalue weighted by molar-refractivity contribution is 5.25. The van der Waals surface area contributed by atoms with Crippen LogP contribution in [0.15, 0.2) is 42.9 Å². The van der Waals surface area contributed by atoms with Crippen molar-refractivity contribution >= 4 is 0 Å². The van der Waals surface area contributed by atoms with Crippen LogP contribution in [0.1, 0.15) is 24.0 Å². The second-order valence-corrected chi connectivity index (χ2v) is 6.02. The lowest BCUT2D eigenvalue weighted by atomic mass is 9.98. The zero-order chi connectivity index (χ0) is 15.2. The molecule has 1 atom stereocenters. The molecule has 0 radical (unpaired) electrons. The lowest BCUT2D eigenvalue weighted by Gasteiger charge is -2.32. The number of aryl methyl sites for hydroxylation is 1. The van der Waals surface area contributed by atoms with Gasteiger partial charge in [0, 0.05) is 31.4 Å². The number of nitrogens with zero attached hydrogens (tertiary/aromatic N) is 3. The smallest absolute Gasteiger partial charge is 0.232 e. The van der Waals surface area contributed by atoms with Crippen molar-refractivity contribution in [3.8, 4) is 5.88 Å². The Kier molecular flexibility index (Phi) is 5.01. The normalized spacial score (nSPS) is 19.0. The van der Waals surface area contributed by atoms with Gasteiger partial charge in [0.05, 0.1) is 12.8 Å². The van der Waals surface area contributed by atoms with Crippen LogP contribution < -0.4 is 4.74 Å². The van der Waals surface area contributed by atoms with Crippen molar-refractivity contribution in [2.75, 3.05) is 19.7 Å². The summed E-state index contributed by atoms with van der Waals surface area (Å²) in [5.41, 5.74) is 2.80. The van der Waals surface area contributed by atoms with E-state index >= 15 is 0 Å². The molecule has 0 bridgehead atoms. The third kappa shape index (κ3) is 4.04. The Hall–Kier alpha value is -1.94. The SMILES string of the molecule is Cc1ccccc1CN1CCCC(COc2cnccn2)C1. The Balaban J connectivity index is 1.52. The van der Waals surface area contributed by atoms with Crippen LogP contribution in [0.3, 0.4) is 0 Å². The van der Waals surface area contributed by atoms with Gasteiger partial charge in [-0.25, -0.2) is 4.98 Å². The molecule has 0 saturated carbocycles. The number of piperidine rings is 1. The minimum atomic E-state index is 0.569. The quantitative estimate of drug-likeness (QED) is 0.850. The topological polar surface area (TPSA) is 38.2 Å². The van der Waals surface area contributed by atoms with E-state index in [0.29, 0.717) is 11.8 Å². The predicted octanol–water partition coefficient (Wildman–Crippen LogP) is 3.08. The molecule has 3 rings (SSSR count). The molecule has 4 nitrogen and oxygen atoms in total. The molecule has 116 valence electrons. The van der Waals surface area contributed by atoms with E-state index in [9.17, 15) is 0 Å². The minimum absolute atomic E-state index is 0.569. The van der Waals surface area contributed by atoms with Gasteiger partial charge >= 0.3 is 0 Å². The fourth-order valence-corrected chi connectivity index (χ4v) is 3.02. The van der Waals surface area contributed by atoms with Crippen LogP contribution in [-0.4, -0.2) is 34.6 Å². The van der Waals surface area contributed by atoms with Crippen molar-refractivity contribution in [2.24, 2.45) is 5.92 Å². The van der Waals surface area contributed by atoms with Crippen LogP contribution in [-0.2, 0) is 6.54 Å². The monoisotopic (exact) mass is 297 g/mol. The van der Waals surface area contributed by atoms with E-state index in [4.69, 9.17) is 4.74 Å². The van der Waals surface area contributed by atoms with E-state index in [1.807, 2.05) is 0 Å². The van der Waals surface area contributed by atoms with E-state index in [-0.39, 0.29) is 0 Å². The van der Waals surface area contributed by atoms with Gasteiger partial charge in [-0.1, -0.05) is 24.3 Å². The van der Waals surface area contributed by atoms with Gasteiger partial charge in [-0.3, -0.25) is 9.88 Å². The van der Waals surface area contributed by atoms with Gasteiger partial charge < -0.3 is 4.74 Å². The van der Waals surface area contributed by atoms with Crippen molar-refractivity contribution in [1.82, 2.24) is 14.9 Å². The summed E-state index contributed by atoms with van der Waals surface area (Å²) >= 11 is 0. The summed E-state index contributed by atoms with van der Waals surface area (Å²) in [5, 5.41) is 0. The Morgan fingerprint density at radius 2 is 2.18 bits per heavy atom. The highest BCUT2D eigenvalue weighted by Gasteiger charge is 2.21. The molecule has 1 aromatic heterocycles. The maximum absolute atomic E-state index is 5.77. The third-order valence-corrected chi connectivity index (χ3v) is 4.26. The van der Waals surface area contributed by atoms with E-state index in [1.54, 1.807) is 18.6 Å². The average molecular weight is 297 g/mol. The highest BCUT2D eigenvalue weighted by Crippen LogP contribution is 2.20. The zero-order valence-corrected chi connectivity index (χ0v) is 13.1. The lowest BCUT2D eigenvalue weighted by Crippen LogP contribution is -2.37. The number of hydrogen-bond acceptors (Lipinski definition) is 4. The summed E-state index contributed by atoms with van der Waals surface area (Å²) in [4.78, 5) is 10.7. The van der Waals surface area contributed by atoms with Crippen LogP contribution in [0.2, 0.25) is 0 Å². The van der Waals surface area contributed by atoms with Crippen LogP contribution in [0, 0.1) is 12.8 Å². The molecule has 4 heteroatoms. The Morgan fingerprint density at radius 3 is 3.00 bits per heavy atom. The maximum Gasteiger partial charge on any atom is 0.232 e. The van der Waals surface area contributed by atoms with Crippen molar-refractivity contribution < 1.29 is 4.74 Å². The molecule has 1 aliphatic heterocycles. The first-order chi connectivity index (χ1) is 10.8. The van der Waals surface area contributed by atoms with Crippen molar-refractivity contribution in [1.29, 1.82) is 0 Å². The number of aromatic nitrogens is 2. The van der Waals surface area contributed by atoms with Gasteiger partial charge in [0.25, 0.3) is 0 Å². The number of ether oxygens (including phenoxy) is 1. The Morgan fingerprint density at radius 1 is 1.27 bits per heavy atom. The van der Waals surface area contributed by atoms with Crippen molar-refractivity contribution in [3.63, 3.8) is 0 Å². The van der Waals surface area contributed by atoms with Gasteiger partial charge in [-0.05, 0) is 37.4 Å². The molecule has 0 spiro atoms. The second kappa shape index (κ2) is 7.36. The number of hydrogen-bond donors (Lipinski definition) is 0. The van der Waals surface area contributed by atoms with Gasteiger partial charge in [-0.2, -0.15) is 0 Å². The molecule has 2 aromatic rings. The van der Waals surface area contributed by atoms with Gasteiger partial charge in [-0.15, -0.1) is 0 Å². The molecule has 1 saturated heterocycles. The molecule has 1 aliphatic rings. The first-order valence-corrected chi connectivity index (χ1v) is 7.97. The van der Waals surface area contributed by atoms with E-state index in [1.165, 1.54) is 30.5 Å². The summed E-state index contributed by atoms with van der Waals surface area (Å²) < 4.78 is 5.77. The predicted molar refractivity (Wildman–Crippen MR) is 86.7 cm³/mol. The number of benzene rings is 1. The third-order valence-electron chi connectivity index (χ3n) is 4.26. The second-order valence-electron chi connectivity index (χ2n) is 6.02. The maximum atomic E-state index is 5.77. The molecular weight excluding hydrogens is 274 g/mol. The van der Waals surface area contributed by atoms with Crippen molar-refractivity contribution in [3.05, 3.63) is 54.0 Å². The summed E-state index contributed by atoms with van der Waals surface area (Å²) in [6.07, 6.45) is 7.47. The molecular formula is C18H23N3O. The van der Waals surface area contributed by atoms with Crippen LogP contribution >= 0.6 is 0 Å². The summed E-state index contributed by atoms with van der Waals surface area (Å²) in [5.74, 6) is 1.19. The Bertz CT molecular complexity index is 588. The average Bonchev–Trinajstić information content (AvgIpc) is 2.57. The molecule has 2 heterocycles. The summed E-state index contributed by atoms with van der Waals surface area (Å²) in [6.45, 7) is 6.22. The van der Waals surface area contributed by atoms with Gasteiger partial charge in [0.15, 0.2) is 0 Å². The molecule has 0 aliphatic carbocycles. The van der Waals surface area contributed by atoms with Gasteiger partial charge in [0.1, 0.15) is 0 Å². The molecule has 1 unspecified atom stereocenters. The van der Waals surface area contributed by atoms with E-state index in [2.05, 4.69) is 46.1 Å². The Labute approximate surface area is 132 Å². The first kappa shape index (κ1) is 15.0. The largest absolute Gasteiger partial charge is 0.476 e. The van der Waals surface area contributed by atoms with E-state index < -0.39 is 0 Å². The van der Waals surface area contributed by atoms with Crippen molar-refractivity contribution in [2.45, 2.75) is 26.3 Å². The number of likely N-dealkylation sites (tertiary alicyclic amines) is 1. The lowest BCUT2D eigenvalue weighted by molar-refractivity contribution is 0.122. The molecule has 1 aromatic carbocycles. The molecule has 22 heavy (non-hydrogen) atoms. The minimum Gasteiger partial charge on any atom is -0.476 e. The van der Waals surface area contributed by atoms with Crippen LogP contribution in [0.5, 0.6) is 5.88 Å². The molecule has 1 fully saturated rings. The standard InChI is InChI=1S/C18H23N3O/c1-15-5-2-3-7-17(15)13-21-10-4-6-16(12-21)14-22-18-11-19-8-9-20-18/h2-3,5,7-9,11,16H,4,6,10,12-14H2,1H3. The summed E-state index contributed by atoms with van der Waals surface area (Å²) in [6, 6.07) is 8.65. The van der Waals surface area contributed by atoms with Gasteiger partial charge in [0.2, 0.25) is 5.88 Å². The first-order valence-electron chi connectivity index (χ1n) is 7.97. The number of rotatable bonds is 5.